The van der Waals surface area contributed by atoms with Crippen molar-refractivity contribution in [2.75, 3.05) is 13.7 Å². The molecular formula is C17H17NO3. The van der Waals surface area contributed by atoms with Crippen LogP contribution in [0.1, 0.15) is 22.7 Å². The van der Waals surface area contributed by atoms with Gasteiger partial charge in [0.1, 0.15) is 5.75 Å². The van der Waals surface area contributed by atoms with Gasteiger partial charge in [-0.1, -0.05) is 6.07 Å². The second-order valence-electron chi connectivity index (χ2n) is 5.68. The molecule has 0 radical (unpaired) electrons. The Morgan fingerprint density at radius 2 is 2.05 bits per heavy atom. The minimum Gasteiger partial charge on any atom is -0.508 e. The summed E-state index contributed by atoms with van der Waals surface area (Å²) in [4.78, 5) is 0. The van der Waals surface area contributed by atoms with E-state index in [1.54, 1.807) is 19.2 Å². The molecule has 4 heteroatoms. The molecule has 0 amide bonds. The van der Waals surface area contributed by atoms with Crippen molar-refractivity contribution in [3.05, 3.63) is 41.0 Å². The fourth-order valence-electron chi connectivity index (χ4n) is 3.65. The van der Waals surface area contributed by atoms with Gasteiger partial charge in [-0.3, -0.25) is 0 Å². The van der Waals surface area contributed by atoms with Gasteiger partial charge in [0.15, 0.2) is 11.5 Å². The summed E-state index contributed by atoms with van der Waals surface area (Å²) in [5.74, 6) is 0.874. The summed E-state index contributed by atoms with van der Waals surface area (Å²) < 4.78 is 5.23. The minimum absolute atomic E-state index is 0.159. The van der Waals surface area contributed by atoms with Crippen LogP contribution >= 0.6 is 0 Å². The quantitative estimate of drug-likeness (QED) is 0.752. The van der Waals surface area contributed by atoms with E-state index in [2.05, 4.69) is 5.32 Å². The van der Waals surface area contributed by atoms with Gasteiger partial charge in [0.25, 0.3) is 0 Å². The van der Waals surface area contributed by atoms with Crippen molar-refractivity contribution in [3.63, 3.8) is 0 Å². The molecule has 0 saturated carbocycles. The summed E-state index contributed by atoms with van der Waals surface area (Å²) >= 11 is 0. The zero-order valence-corrected chi connectivity index (χ0v) is 11.8. The van der Waals surface area contributed by atoms with Crippen LogP contribution in [0.3, 0.4) is 0 Å². The van der Waals surface area contributed by atoms with Crippen LogP contribution in [0.25, 0.3) is 11.1 Å². The van der Waals surface area contributed by atoms with E-state index in [4.69, 9.17) is 4.74 Å². The normalized spacial score (nSPS) is 18.8. The maximum Gasteiger partial charge on any atom is 0.165 e. The van der Waals surface area contributed by atoms with E-state index in [1.165, 1.54) is 11.1 Å². The molecule has 0 fully saturated rings. The lowest BCUT2D eigenvalue weighted by Crippen LogP contribution is -2.33. The SMILES string of the molecule is COc1ccc2c(c1O)-c1cc(O)cc3c1C(C2)NCC3. The molecular weight excluding hydrogens is 266 g/mol. The third kappa shape index (κ3) is 1.72. The van der Waals surface area contributed by atoms with Crippen molar-refractivity contribution in [3.8, 4) is 28.4 Å². The number of hydrogen-bond acceptors (Lipinski definition) is 4. The predicted octanol–water partition coefficient (Wildman–Crippen LogP) is 2.52. The lowest BCUT2D eigenvalue weighted by Gasteiger charge is -2.34. The highest BCUT2D eigenvalue weighted by Gasteiger charge is 2.32. The first-order chi connectivity index (χ1) is 10.2. The maximum atomic E-state index is 10.5. The van der Waals surface area contributed by atoms with Crippen LogP contribution < -0.4 is 10.1 Å². The molecule has 0 aromatic heterocycles. The van der Waals surface area contributed by atoms with Crippen molar-refractivity contribution in [2.24, 2.45) is 0 Å². The third-order valence-electron chi connectivity index (χ3n) is 4.52. The highest BCUT2D eigenvalue weighted by atomic mass is 16.5. The van der Waals surface area contributed by atoms with Crippen molar-refractivity contribution < 1.29 is 14.9 Å². The second kappa shape index (κ2) is 4.40. The first-order valence-electron chi connectivity index (χ1n) is 7.17. The molecule has 21 heavy (non-hydrogen) atoms. The first-order valence-corrected chi connectivity index (χ1v) is 7.17. The molecule has 2 aromatic carbocycles. The Bertz CT molecular complexity index is 739. The van der Waals surface area contributed by atoms with Gasteiger partial charge in [-0.15, -0.1) is 0 Å². The Labute approximate surface area is 123 Å². The molecule has 1 aliphatic heterocycles. The Morgan fingerprint density at radius 3 is 2.86 bits per heavy atom. The summed E-state index contributed by atoms with van der Waals surface area (Å²) in [6.45, 7) is 0.915. The van der Waals surface area contributed by atoms with Crippen LogP contribution in [0.4, 0.5) is 0 Å². The maximum absolute atomic E-state index is 10.5. The first kappa shape index (κ1) is 12.5. The average molecular weight is 283 g/mol. The predicted molar refractivity (Wildman–Crippen MR) is 79.9 cm³/mol. The summed E-state index contributed by atoms with van der Waals surface area (Å²) in [7, 11) is 1.55. The highest BCUT2D eigenvalue weighted by Crippen LogP contribution is 2.49. The monoisotopic (exact) mass is 283 g/mol. The number of hydrogen-bond donors (Lipinski definition) is 3. The number of methoxy groups -OCH3 is 1. The summed E-state index contributed by atoms with van der Waals surface area (Å²) in [6, 6.07) is 7.64. The van der Waals surface area contributed by atoms with Gasteiger partial charge < -0.3 is 20.3 Å². The van der Waals surface area contributed by atoms with Gasteiger partial charge in [-0.05, 0) is 59.8 Å². The van der Waals surface area contributed by atoms with E-state index < -0.39 is 0 Å². The van der Waals surface area contributed by atoms with Gasteiger partial charge in [0.05, 0.1) is 7.11 Å². The van der Waals surface area contributed by atoms with Crippen molar-refractivity contribution in [1.82, 2.24) is 5.32 Å². The topological polar surface area (TPSA) is 61.7 Å². The van der Waals surface area contributed by atoms with Crippen LogP contribution in [-0.2, 0) is 12.8 Å². The van der Waals surface area contributed by atoms with E-state index >= 15 is 0 Å². The molecule has 4 rings (SSSR count). The Kier molecular flexibility index (Phi) is 2.62. The average Bonchev–Trinajstić information content (AvgIpc) is 2.47. The number of phenolic OH excluding ortho intramolecular Hbond substituents is 2. The number of rotatable bonds is 1. The molecule has 1 heterocycles. The van der Waals surface area contributed by atoms with Crippen molar-refractivity contribution in [1.29, 1.82) is 0 Å². The number of aromatic hydroxyl groups is 2. The molecule has 2 aliphatic rings. The number of nitrogens with one attached hydrogen (secondary N) is 1. The van der Waals surface area contributed by atoms with Gasteiger partial charge in [0.2, 0.25) is 0 Å². The van der Waals surface area contributed by atoms with Gasteiger partial charge in [-0.25, -0.2) is 0 Å². The number of ether oxygens (including phenoxy) is 1. The van der Waals surface area contributed by atoms with Crippen LogP contribution in [0.15, 0.2) is 24.3 Å². The summed E-state index contributed by atoms with van der Waals surface area (Å²) in [6.07, 6.45) is 1.74. The van der Waals surface area contributed by atoms with E-state index in [-0.39, 0.29) is 17.5 Å². The molecule has 2 aromatic rings. The fourth-order valence-corrected chi connectivity index (χ4v) is 3.65. The minimum atomic E-state index is 0.159. The van der Waals surface area contributed by atoms with E-state index in [0.717, 1.165) is 36.1 Å². The van der Waals surface area contributed by atoms with Gasteiger partial charge >= 0.3 is 0 Å². The zero-order valence-electron chi connectivity index (χ0n) is 11.8. The second-order valence-corrected chi connectivity index (χ2v) is 5.68. The molecule has 1 aliphatic carbocycles. The lowest BCUT2D eigenvalue weighted by molar-refractivity contribution is 0.373. The zero-order chi connectivity index (χ0) is 14.6. The molecule has 0 spiro atoms. The molecule has 3 N–H and O–H groups in total. The highest BCUT2D eigenvalue weighted by molar-refractivity contribution is 5.83. The number of fused-ring (bicyclic) bond motifs is 2. The Balaban J connectivity index is 2.05. The largest absolute Gasteiger partial charge is 0.508 e. The molecule has 108 valence electrons. The summed E-state index contributed by atoms with van der Waals surface area (Å²) in [5.41, 5.74) is 5.16. The smallest absolute Gasteiger partial charge is 0.165 e. The molecule has 0 saturated heterocycles. The van der Waals surface area contributed by atoms with Gasteiger partial charge in [-0.2, -0.15) is 0 Å². The fraction of sp³-hybridized carbons (Fsp3) is 0.294. The Morgan fingerprint density at radius 1 is 1.19 bits per heavy atom. The number of phenols is 2. The standard InChI is InChI=1S/C17H17NO3/c1-21-14-3-2-9-7-13-15-10(4-5-18-13)6-11(19)8-12(15)16(9)17(14)20/h2-3,6,8,13,18-20H,4-5,7H2,1H3. The molecule has 0 bridgehead atoms. The van der Waals surface area contributed by atoms with Crippen LogP contribution in [0.5, 0.6) is 17.2 Å². The molecule has 4 nitrogen and oxygen atoms in total. The lowest BCUT2D eigenvalue weighted by atomic mass is 9.77. The van der Waals surface area contributed by atoms with E-state index in [1.807, 2.05) is 12.1 Å². The molecule has 1 unspecified atom stereocenters. The van der Waals surface area contributed by atoms with Gasteiger partial charge in [0, 0.05) is 11.6 Å². The Hall–Kier alpha value is -2.20. The van der Waals surface area contributed by atoms with Crippen LogP contribution in [-0.4, -0.2) is 23.9 Å². The van der Waals surface area contributed by atoms with Crippen molar-refractivity contribution in [2.45, 2.75) is 18.9 Å². The van der Waals surface area contributed by atoms with Crippen molar-refractivity contribution >= 4 is 0 Å². The van der Waals surface area contributed by atoms with E-state index in [9.17, 15) is 10.2 Å². The third-order valence-corrected chi connectivity index (χ3v) is 4.52. The van der Waals surface area contributed by atoms with Crippen LogP contribution in [0, 0.1) is 0 Å². The molecule has 1 atom stereocenters. The van der Waals surface area contributed by atoms with E-state index in [0.29, 0.717) is 5.75 Å². The number of benzene rings is 2. The van der Waals surface area contributed by atoms with Crippen LogP contribution in [0.2, 0.25) is 0 Å². The summed E-state index contributed by atoms with van der Waals surface area (Å²) in [5, 5.41) is 24.1.